The van der Waals surface area contributed by atoms with Crippen LogP contribution in [0.5, 0.6) is 0 Å². The van der Waals surface area contributed by atoms with Gasteiger partial charge in [0.1, 0.15) is 5.82 Å². The van der Waals surface area contributed by atoms with E-state index in [1.54, 1.807) is 12.1 Å². The Morgan fingerprint density at radius 2 is 1.89 bits per heavy atom. The monoisotopic (exact) mass is 405 g/mol. The van der Waals surface area contributed by atoms with Crippen molar-refractivity contribution >= 4 is 49.1 Å². The lowest BCUT2D eigenvalue weighted by molar-refractivity contribution is 0.628. The topological polar surface area (TPSA) is 12.0 Å². The smallest absolute Gasteiger partial charge is 0.143 e. The quantitative estimate of drug-likeness (QED) is 0.641. The normalized spacial score (nSPS) is 12.3. The van der Waals surface area contributed by atoms with Gasteiger partial charge >= 0.3 is 0 Å². The number of anilines is 1. The van der Waals surface area contributed by atoms with Crippen molar-refractivity contribution in [2.24, 2.45) is 0 Å². The van der Waals surface area contributed by atoms with Gasteiger partial charge in [-0.2, -0.15) is 0 Å². The molecule has 0 aliphatic carbocycles. The molecule has 0 radical (unpaired) electrons. The molecule has 0 bridgehead atoms. The van der Waals surface area contributed by atoms with Crippen LogP contribution >= 0.6 is 43.5 Å². The molecule has 0 heterocycles. The maximum atomic E-state index is 13.4. The van der Waals surface area contributed by atoms with Crippen molar-refractivity contribution < 1.29 is 4.39 Å². The zero-order chi connectivity index (χ0) is 14.0. The molecule has 1 unspecified atom stereocenters. The minimum absolute atomic E-state index is 0.0445. The summed E-state index contributed by atoms with van der Waals surface area (Å²) in [5.74, 6) is -0.422. The molecule has 0 aromatic heterocycles. The van der Waals surface area contributed by atoms with Crippen molar-refractivity contribution in [3.63, 3.8) is 0 Å². The molecule has 0 fully saturated rings. The van der Waals surface area contributed by atoms with Gasteiger partial charge in [-0.25, -0.2) is 4.39 Å². The van der Waals surface area contributed by atoms with E-state index < -0.39 is 5.82 Å². The Balaban J connectivity index is 2.20. The van der Waals surface area contributed by atoms with Crippen LogP contribution in [0.25, 0.3) is 0 Å². The van der Waals surface area contributed by atoms with Crippen LogP contribution in [0, 0.1) is 5.82 Å². The number of rotatable bonds is 3. The predicted molar refractivity (Wildman–Crippen MR) is 85.3 cm³/mol. The first kappa shape index (κ1) is 14.8. The van der Waals surface area contributed by atoms with Crippen LogP contribution in [0.1, 0.15) is 18.5 Å². The third-order valence-electron chi connectivity index (χ3n) is 2.73. The van der Waals surface area contributed by atoms with E-state index in [1.807, 2.05) is 25.1 Å². The second-order valence-corrected chi connectivity index (χ2v) is 6.34. The third-order valence-corrected chi connectivity index (χ3v) is 4.22. The molecule has 5 heteroatoms. The van der Waals surface area contributed by atoms with Gasteiger partial charge in [0.05, 0.1) is 5.02 Å². The highest BCUT2D eigenvalue weighted by molar-refractivity contribution is 9.11. The summed E-state index contributed by atoms with van der Waals surface area (Å²) in [4.78, 5) is 0. The summed E-state index contributed by atoms with van der Waals surface area (Å²) in [7, 11) is 0. The lowest BCUT2D eigenvalue weighted by Gasteiger charge is -2.17. The lowest BCUT2D eigenvalue weighted by Crippen LogP contribution is -2.07. The van der Waals surface area contributed by atoms with E-state index in [4.69, 9.17) is 11.6 Å². The Kier molecular flexibility index (Phi) is 4.87. The average Bonchev–Trinajstić information content (AvgIpc) is 2.33. The van der Waals surface area contributed by atoms with Crippen LogP contribution in [-0.4, -0.2) is 0 Å². The third kappa shape index (κ3) is 3.71. The van der Waals surface area contributed by atoms with E-state index in [1.165, 1.54) is 6.07 Å². The number of hydrogen-bond donors (Lipinski definition) is 1. The Morgan fingerprint density at radius 1 is 1.16 bits per heavy atom. The SMILES string of the molecule is CC(Nc1ccc(Cl)c(F)c1)c1ccc(Br)cc1Br. The zero-order valence-corrected chi connectivity index (χ0v) is 14.0. The first-order valence-corrected chi connectivity index (χ1v) is 7.60. The number of nitrogens with one attached hydrogen (secondary N) is 1. The number of halogens is 4. The molecule has 2 rings (SSSR count). The van der Waals surface area contributed by atoms with E-state index in [9.17, 15) is 4.39 Å². The van der Waals surface area contributed by atoms with Crippen molar-refractivity contribution in [3.8, 4) is 0 Å². The standard InChI is InChI=1S/C14H11Br2ClFN/c1-8(11-4-2-9(15)6-12(11)16)19-10-3-5-13(17)14(18)7-10/h2-8,19H,1H3. The summed E-state index contributed by atoms with van der Waals surface area (Å²) >= 11 is 12.6. The molecule has 0 amide bonds. The maximum Gasteiger partial charge on any atom is 0.143 e. The summed E-state index contributed by atoms with van der Waals surface area (Å²) in [5, 5.41) is 3.37. The highest BCUT2D eigenvalue weighted by atomic mass is 79.9. The highest BCUT2D eigenvalue weighted by Crippen LogP contribution is 2.29. The molecule has 0 aliphatic rings. The molecule has 19 heavy (non-hydrogen) atoms. The summed E-state index contributed by atoms with van der Waals surface area (Å²) in [5.41, 5.74) is 1.79. The van der Waals surface area contributed by atoms with E-state index in [0.717, 1.165) is 14.5 Å². The first-order valence-electron chi connectivity index (χ1n) is 5.64. The van der Waals surface area contributed by atoms with Gasteiger partial charge in [0.25, 0.3) is 0 Å². The fraction of sp³-hybridized carbons (Fsp3) is 0.143. The Morgan fingerprint density at radius 3 is 2.53 bits per heavy atom. The minimum atomic E-state index is -0.422. The second-order valence-electron chi connectivity index (χ2n) is 4.16. The Bertz CT molecular complexity index is 604. The van der Waals surface area contributed by atoms with E-state index in [-0.39, 0.29) is 11.1 Å². The predicted octanol–water partition coefficient (Wildman–Crippen LogP) is 6.18. The summed E-state index contributed by atoms with van der Waals surface area (Å²) in [6.45, 7) is 2.01. The summed E-state index contributed by atoms with van der Waals surface area (Å²) < 4.78 is 15.4. The van der Waals surface area contributed by atoms with Crippen LogP contribution in [0.3, 0.4) is 0 Å². The fourth-order valence-corrected chi connectivity index (χ4v) is 3.27. The van der Waals surface area contributed by atoms with Gasteiger partial charge in [-0.1, -0.05) is 49.5 Å². The molecule has 100 valence electrons. The van der Waals surface area contributed by atoms with Gasteiger partial charge in [0, 0.05) is 20.7 Å². The molecule has 0 saturated carbocycles. The molecular weight excluding hydrogens is 396 g/mol. The molecule has 1 atom stereocenters. The average molecular weight is 408 g/mol. The molecule has 2 aromatic carbocycles. The van der Waals surface area contributed by atoms with Gasteiger partial charge in [-0.15, -0.1) is 0 Å². The number of benzene rings is 2. The zero-order valence-electron chi connectivity index (χ0n) is 10.1. The van der Waals surface area contributed by atoms with Crippen LogP contribution < -0.4 is 5.32 Å². The van der Waals surface area contributed by atoms with Gasteiger partial charge in [0.2, 0.25) is 0 Å². The van der Waals surface area contributed by atoms with Crippen molar-refractivity contribution in [2.45, 2.75) is 13.0 Å². The Labute approximate surface area is 133 Å². The van der Waals surface area contributed by atoms with Crippen molar-refractivity contribution in [3.05, 3.63) is 61.7 Å². The van der Waals surface area contributed by atoms with E-state index in [2.05, 4.69) is 37.2 Å². The van der Waals surface area contributed by atoms with Crippen LogP contribution in [0.4, 0.5) is 10.1 Å². The molecule has 0 spiro atoms. The van der Waals surface area contributed by atoms with Gasteiger partial charge in [-0.05, 0) is 42.8 Å². The molecule has 0 aliphatic heterocycles. The van der Waals surface area contributed by atoms with E-state index in [0.29, 0.717) is 5.69 Å². The molecule has 2 aromatic rings. The molecule has 1 nitrogen and oxygen atoms in total. The largest absolute Gasteiger partial charge is 0.378 e. The second kappa shape index (κ2) is 6.25. The van der Waals surface area contributed by atoms with Gasteiger partial charge in [-0.3, -0.25) is 0 Å². The fourth-order valence-electron chi connectivity index (χ4n) is 1.77. The van der Waals surface area contributed by atoms with E-state index >= 15 is 0 Å². The molecule has 0 saturated heterocycles. The van der Waals surface area contributed by atoms with Crippen molar-refractivity contribution in [2.75, 3.05) is 5.32 Å². The van der Waals surface area contributed by atoms with Gasteiger partial charge < -0.3 is 5.32 Å². The first-order chi connectivity index (χ1) is 8.97. The Hall–Kier alpha value is -0.580. The minimum Gasteiger partial charge on any atom is -0.378 e. The maximum absolute atomic E-state index is 13.4. The lowest BCUT2D eigenvalue weighted by atomic mass is 10.1. The number of hydrogen-bond acceptors (Lipinski definition) is 1. The van der Waals surface area contributed by atoms with Crippen molar-refractivity contribution in [1.82, 2.24) is 0 Å². The summed E-state index contributed by atoms with van der Waals surface area (Å²) in [6, 6.07) is 10.7. The summed E-state index contributed by atoms with van der Waals surface area (Å²) in [6.07, 6.45) is 0. The van der Waals surface area contributed by atoms with Gasteiger partial charge in [0.15, 0.2) is 0 Å². The van der Waals surface area contributed by atoms with Crippen LogP contribution in [-0.2, 0) is 0 Å². The van der Waals surface area contributed by atoms with Crippen LogP contribution in [0.15, 0.2) is 45.3 Å². The van der Waals surface area contributed by atoms with Crippen LogP contribution in [0.2, 0.25) is 5.02 Å². The highest BCUT2D eigenvalue weighted by Gasteiger charge is 2.10. The molecule has 1 N–H and O–H groups in total. The molecular formula is C14H11Br2ClFN. The van der Waals surface area contributed by atoms with Crippen molar-refractivity contribution in [1.29, 1.82) is 0 Å².